The van der Waals surface area contributed by atoms with E-state index in [1.807, 2.05) is 32.0 Å². The number of carbonyl (C=O) groups is 2. The van der Waals surface area contributed by atoms with Crippen LogP contribution >= 0.6 is 15.9 Å². The highest BCUT2D eigenvalue weighted by atomic mass is 79.9. The molecule has 0 aliphatic heterocycles. The molecule has 0 bridgehead atoms. The van der Waals surface area contributed by atoms with Crippen LogP contribution in [0.2, 0.25) is 0 Å². The zero-order valence-electron chi connectivity index (χ0n) is 14.8. The predicted octanol–water partition coefficient (Wildman–Crippen LogP) is 4.32. The van der Waals surface area contributed by atoms with Crippen molar-refractivity contribution in [2.45, 2.75) is 13.8 Å². The molecular formula is C20H20BrFN2O2. The Bertz CT molecular complexity index is 845. The molecule has 136 valence electrons. The van der Waals surface area contributed by atoms with Crippen molar-refractivity contribution in [3.05, 3.63) is 69.5 Å². The molecule has 0 fully saturated rings. The second-order valence-corrected chi connectivity index (χ2v) is 6.92. The number of nitrogens with zero attached hydrogens (tertiary/aromatic N) is 1. The quantitative estimate of drug-likeness (QED) is 0.735. The maximum absolute atomic E-state index is 13.7. The number of amides is 2. The number of hydrogen-bond acceptors (Lipinski definition) is 2. The Morgan fingerprint density at radius 2 is 1.85 bits per heavy atom. The van der Waals surface area contributed by atoms with Gasteiger partial charge in [-0.05, 0) is 49.2 Å². The minimum atomic E-state index is -0.423. The third kappa shape index (κ3) is 5.26. The van der Waals surface area contributed by atoms with Crippen molar-refractivity contribution in [3.63, 3.8) is 0 Å². The largest absolute Gasteiger partial charge is 0.333 e. The maximum atomic E-state index is 13.7. The van der Waals surface area contributed by atoms with Crippen LogP contribution in [0, 0.1) is 19.7 Å². The Kier molecular flexibility index (Phi) is 6.69. The normalized spacial score (nSPS) is 10.8. The highest BCUT2D eigenvalue weighted by Gasteiger charge is 2.13. The molecule has 1 N–H and O–H groups in total. The molecule has 6 heteroatoms. The van der Waals surface area contributed by atoms with Crippen LogP contribution in [-0.2, 0) is 9.59 Å². The number of rotatable bonds is 5. The summed E-state index contributed by atoms with van der Waals surface area (Å²) >= 11 is 3.26. The van der Waals surface area contributed by atoms with Crippen LogP contribution in [0.5, 0.6) is 0 Å². The summed E-state index contributed by atoms with van der Waals surface area (Å²) in [4.78, 5) is 25.6. The molecule has 2 amide bonds. The number of benzene rings is 2. The summed E-state index contributed by atoms with van der Waals surface area (Å²) in [7, 11) is 1.52. The highest BCUT2D eigenvalue weighted by Crippen LogP contribution is 2.19. The van der Waals surface area contributed by atoms with Crippen molar-refractivity contribution >= 4 is 39.5 Å². The highest BCUT2D eigenvalue weighted by molar-refractivity contribution is 9.10. The molecule has 0 aliphatic carbocycles. The van der Waals surface area contributed by atoms with Crippen molar-refractivity contribution in [1.82, 2.24) is 4.90 Å². The van der Waals surface area contributed by atoms with Crippen LogP contribution in [0.4, 0.5) is 10.1 Å². The summed E-state index contributed by atoms with van der Waals surface area (Å²) in [5.74, 6) is -1.10. The summed E-state index contributed by atoms with van der Waals surface area (Å²) in [6.07, 6.45) is 2.64. The van der Waals surface area contributed by atoms with E-state index in [0.29, 0.717) is 10.0 Å². The van der Waals surface area contributed by atoms with E-state index in [0.717, 1.165) is 16.8 Å². The topological polar surface area (TPSA) is 49.4 Å². The third-order valence-electron chi connectivity index (χ3n) is 3.87. The van der Waals surface area contributed by atoms with E-state index in [1.165, 1.54) is 30.2 Å². The van der Waals surface area contributed by atoms with Gasteiger partial charge in [-0.3, -0.25) is 9.59 Å². The van der Waals surface area contributed by atoms with Gasteiger partial charge in [0, 0.05) is 28.8 Å². The third-order valence-corrected chi connectivity index (χ3v) is 4.36. The first kappa shape index (κ1) is 19.8. The molecule has 4 nitrogen and oxygen atoms in total. The fourth-order valence-electron chi connectivity index (χ4n) is 2.41. The molecule has 0 heterocycles. The van der Waals surface area contributed by atoms with Gasteiger partial charge in [-0.25, -0.2) is 4.39 Å². The number of aryl methyl sites for hydroxylation is 2. The summed E-state index contributed by atoms with van der Waals surface area (Å²) < 4.78 is 14.4. The molecule has 2 aromatic rings. The first-order valence-electron chi connectivity index (χ1n) is 8.02. The van der Waals surface area contributed by atoms with Gasteiger partial charge in [0.05, 0.1) is 6.54 Å². The minimum absolute atomic E-state index is 0.0993. The number of para-hydroxylation sites is 1. The molecule has 0 aliphatic rings. The number of nitrogens with one attached hydrogen (secondary N) is 1. The van der Waals surface area contributed by atoms with Crippen molar-refractivity contribution in [3.8, 4) is 0 Å². The Morgan fingerprint density at radius 3 is 2.50 bits per heavy atom. The molecule has 2 aromatic carbocycles. The van der Waals surface area contributed by atoms with Gasteiger partial charge in [0.1, 0.15) is 5.82 Å². The standard InChI is InChI=1S/C20H20BrFN2O2/c1-13-5-4-6-14(2)20(13)23-18(25)12-24(3)19(26)10-7-15-11-16(21)8-9-17(15)22/h4-11H,12H2,1-3H3,(H,23,25)/b10-7+. The van der Waals surface area contributed by atoms with Crippen LogP contribution in [-0.4, -0.2) is 30.3 Å². The van der Waals surface area contributed by atoms with Crippen molar-refractivity contribution in [2.75, 3.05) is 18.9 Å². The van der Waals surface area contributed by atoms with Crippen LogP contribution in [0.3, 0.4) is 0 Å². The van der Waals surface area contributed by atoms with Crippen molar-refractivity contribution < 1.29 is 14.0 Å². The zero-order chi connectivity index (χ0) is 19.3. The van der Waals surface area contributed by atoms with E-state index in [-0.39, 0.29) is 18.4 Å². The Balaban J connectivity index is 1.99. The summed E-state index contributed by atoms with van der Waals surface area (Å²) in [5, 5.41) is 2.83. The molecule has 0 saturated carbocycles. The van der Waals surface area contributed by atoms with E-state index in [2.05, 4.69) is 21.2 Å². The lowest BCUT2D eigenvalue weighted by atomic mass is 10.1. The van der Waals surface area contributed by atoms with Crippen LogP contribution in [0.25, 0.3) is 6.08 Å². The monoisotopic (exact) mass is 418 g/mol. The summed E-state index contributed by atoms with van der Waals surface area (Å²) in [5.41, 5.74) is 2.96. The first-order valence-corrected chi connectivity index (χ1v) is 8.81. The SMILES string of the molecule is Cc1cccc(C)c1NC(=O)CN(C)C(=O)/C=C/c1cc(Br)ccc1F. The van der Waals surface area contributed by atoms with Gasteiger partial charge in [0.25, 0.3) is 0 Å². The Hall–Kier alpha value is -2.47. The molecule has 26 heavy (non-hydrogen) atoms. The van der Waals surface area contributed by atoms with Gasteiger partial charge >= 0.3 is 0 Å². The lowest BCUT2D eigenvalue weighted by Crippen LogP contribution is -2.34. The molecule has 0 spiro atoms. The lowest BCUT2D eigenvalue weighted by molar-refractivity contribution is -0.129. The summed E-state index contributed by atoms with van der Waals surface area (Å²) in [6, 6.07) is 10.2. The number of likely N-dealkylation sites (N-methyl/N-ethyl adjacent to an activating group) is 1. The number of halogens is 2. The molecule has 0 atom stereocenters. The number of hydrogen-bond donors (Lipinski definition) is 1. The summed E-state index contributed by atoms with van der Waals surface area (Å²) in [6.45, 7) is 3.72. The molecule has 0 radical (unpaired) electrons. The van der Waals surface area contributed by atoms with Gasteiger partial charge in [-0.1, -0.05) is 34.1 Å². The average molecular weight is 419 g/mol. The zero-order valence-corrected chi connectivity index (χ0v) is 16.4. The predicted molar refractivity (Wildman–Crippen MR) is 105 cm³/mol. The molecule has 0 unspecified atom stereocenters. The smallest absolute Gasteiger partial charge is 0.246 e. The Morgan fingerprint density at radius 1 is 1.19 bits per heavy atom. The van der Waals surface area contributed by atoms with Crippen LogP contribution < -0.4 is 5.32 Å². The van der Waals surface area contributed by atoms with Crippen LogP contribution in [0.15, 0.2) is 46.9 Å². The van der Waals surface area contributed by atoms with Crippen molar-refractivity contribution in [2.24, 2.45) is 0 Å². The van der Waals surface area contributed by atoms with Gasteiger partial charge in [0.15, 0.2) is 0 Å². The molecule has 2 rings (SSSR count). The van der Waals surface area contributed by atoms with Gasteiger partial charge in [0.2, 0.25) is 11.8 Å². The fraction of sp³-hybridized carbons (Fsp3) is 0.200. The average Bonchev–Trinajstić information content (AvgIpc) is 2.58. The Labute approximate surface area is 160 Å². The number of anilines is 1. The van der Waals surface area contributed by atoms with E-state index in [9.17, 15) is 14.0 Å². The maximum Gasteiger partial charge on any atom is 0.246 e. The molecule has 0 aromatic heterocycles. The van der Waals surface area contributed by atoms with E-state index in [4.69, 9.17) is 0 Å². The van der Waals surface area contributed by atoms with E-state index >= 15 is 0 Å². The van der Waals surface area contributed by atoms with Crippen LogP contribution in [0.1, 0.15) is 16.7 Å². The molecular weight excluding hydrogens is 399 g/mol. The lowest BCUT2D eigenvalue weighted by Gasteiger charge is -2.16. The van der Waals surface area contributed by atoms with Gasteiger partial charge in [-0.15, -0.1) is 0 Å². The van der Waals surface area contributed by atoms with Crippen molar-refractivity contribution in [1.29, 1.82) is 0 Å². The van der Waals surface area contributed by atoms with Gasteiger partial charge in [-0.2, -0.15) is 0 Å². The minimum Gasteiger partial charge on any atom is -0.333 e. The molecule has 0 saturated heterocycles. The first-order chi connectivity index (χ1) is 12.3. The fourth-order valence-corrected chi connectivity index (χ4v) is 2.79. The second-order valence-electron chi connectivity index (χ2n) is 6.01. The second kappa shape index (κ2) is 8.76. The van der Waals surface area contributed by atoms with Gasteiger partial charge < -0.3 is 10.2 Å². The number of carbonyl (C=O) groups excluding carboxylic acids is 2. The van der Waals surface area contributed by atoms with E-state index in [1.54, 1.807) is 12.1 Å². The van der Waals surface area contributed by atoms with E-state index < -0.39 is 5.82 Å².